The number of hydrogen-bond donors (Lipinski definition) is 0. The van der Waals surface area contributed by atoms with E-state index in [4.69, 9.17) is 0 Å². The molecule has 0 aliphatic rings. The first-order valence-corrected chi connectivity index (χ1v) is 13.6. The van der Waals surface area contributed by atoms with Crippen LogP contribution >= 0.6 is 7.26 Å². The monoisotopic (exact) mass is 330 g/mol. The van der Waals surface area contributed by atoms with Gasteiger partial charge in [0.15, 0.2) is 0 Å². The summed E-state index contributed by atoms with van der Waals surface area (Å²) in [4.78, 5) is 0. The molecule has 0 amide bonds. The van der Waals surface area contributed by atoms with Crippen molar-refractivity contribution in [1.29, 1.82) is 0 Å². The molecule has 0 aromatic heterocycles. The summed E-state index contributed by atoms with van der Waals surface area (Å²) in [5, 5.41) is 0. The molecule has 0 unspecified atom stereocenters. The molecule has 136 valence electrons. The van der Waals surface area contributed by atoms with Crippen molar-refractivity contribution < 1.29 is 0 Å². The zero-order chi connectivity index (χ0) is 16.5. The summed E-state index contributed by atoms with van der Waals surface area (Å²) in [7, 11) is -0.937. The predicted octanol–water partition coefficient (Wildman–Crippen LogP) is 7.89. The molecule has 0 heterocycles. The molecule has 0 aromatic carbocycles. The van der Waals surface area contributed by atoms with Crippen LogP contribution in [0.25, 0.3) is 0 Å². The molecule has 0 saturated heterocycles. The quantitative estimate of drug-likeness (QED) is 0.188. The van der Waals surface area contributed by atoms with Gasteiger partial charge in [0.25, 0.3) is 0 Å². The van der Waals surface area contributed by atoms with Crippen LogP contribution in [-0.4, -0.2) is 24.6 Å². The summed E-state index contributed by atoms with van der Waals surface area (Å²) in [6.45, 7) is 9.47. The number of unbranched alkanes of at least 4 members (excludes halogenated alkanes) is 9. The molecule has 0 spiro atoms. The van der Waals surface area contributed by atoms with E-state index in [1.54, 1.807) is 37.5 Å². The fraction of sp³-hybridized carbons (Fsp3) is 1.00. The fourth-order valence-electron chi connectivity index (χ4n) is 4.04. The van der Waals surface area contributed by atoms with Crippen LogP contribution in [0.5, 0.6) is 0 Å². The molecule has 0 aliphatic heterocycles. The summed E-state index contributed by atoms with van der Waals surface area (Å²) in [5.74, 6) is 0. The van der Waals surface area contributed by atoms with Gasteiger partial charge in [0.1, 0.15) is 0 Å². The molecule has 0 bridgehead atoms. The number of rotatable bonds is 17. The molecule has 0 N–H and O–H groups in total. The van der Waals surface area contributed by atoms with Gasteiger partial charge in [0.05, 0.1) is 0 Å². The third kappa shape index (κ3) is 11.9. The van der Waals surface area contributed by atoms with Crippen molar-refractivity contribution in [3.8, 4) is 0 Å². The Bertz CT molecular complexity index is 198. The summed E-state index contributed by atoms with van der Waals surface area (Å²) in [6, 6.07) is 0. The molecule has 0 radical (unpaired) electrons. The van der Waals surface area contributed by atoms with Crippen LogP contribution in [0.2, 0.25) is 0 Å². The van der Waals surface area contributed by atoms with E-state index in [-0.39, 0.29) is 0 Å². The van der Waals surface area contributed by atoms with Gasteiger partial charge in [-0.25, -0.2) is 0 Å². The average molecular weight is 331 g/mol. The molecule has 1 heteroatoms. The normalized spacial score (nSPS) is 12.7. The van der Waals surface area contributed by atoms with Crippen LogP contribution in [0, 0.1) is 0 Å². The van der Waals surface area contributed by atoms with E-state index in [1.807, 2.05) is 0 Å². The first-order chi connectivity index (χ1) is 10.7. The Morgan fingerprint density at radius 3 is 1.18 bits per heavy atom. The summed E-state index contributed by atoms with van der Waals surface area (Å²) >= 11 is 0. The van der Waals surface area contributed by atoms with Gasteiger partial charge in [-0.05, 0) is 0 Å². The summed E-state index contributed by atoms with van der Waals surface area (Å²) in [6.07, 6.45) is 25.7. The minimum atomic E-state index is -0.937. The Morgan fingerprint density at radius 1 is 0.364 bits per heavy atom. The van der Waals surface area contributed by atoms with Crippen molar-refractivity contribution in [3.05, 3.63) is 0 Å². The van der Waals surface area contributed by atoms with Crippen LogP contribution in [0.3, 0.4) is 0 Å². The summed E-state index contributed by atoms with van der Waals surface area (Å²) in [5.41, 5.74) is 0. The van der Waals surface area contributed by atoms with Gasteiger partial charge in [0.2, 0.25) is 0 Å². The molecule has 22 heavy (non-hydrogen) atoms. The van der Waals surface area contributed by atoms with E-state index in [9.17, 15) is 0 Å². The predicted molar refractivity (Wildman–Crippen MR) is 111 cm³/mol. The third-order valence-corrected chi connectivity index (χ3v) is 11.3. The Morgan fingerprint density at radius 2 is 0.773 bits per heavy atom. The zero-order valence-corrected chi connectivity index (χ0v) is 17.5. The standard InChI is InChI=1S/C21H47P/c1-5-9-12-14-16-20-22(18-8-4,19-11-7-3)21-17-15-13-10-6-2/h22H,5-21H2,1-4H3. The van der Waals surface area contributed by atoms with E-state index < -0.39 is 7.26 Å². The zero-order valence-electron chi connectivity index (χ0n) is 16.5. The molecule has 0 nitrogen and oxygen atoms in total. The second-order valence-corrected chi connectivity index (χ2v) is 12.7. The van der Waals surface area contributed by atoms with Gasteiger partial charge in [-0.1, -0.05) is 0 Å². The SMILES string of the molecule is CCCCCCC[PH](CCC)(CCCC)CCCCCCC. The van der Waals surface area contributed by atoms with Crippen molar-refractivity contribution in [1.82, 2.24) is 0 Å². The maximum absolute atomic E-state index is 2.43. The Balaban J connectivity index is 4.28. The molecule has 0 fully saturated rings. The van der Waals surface area contributed by atoms with Crippen molar-refractivity contribution in [3.63, 3.8) is 0 Å². The third-order valence-electron chi connectivity index (χ3n) is 5.46. The second-order valence-electron chi connectivity index (χ2n) is 7.68. The molecular weight excluding hydrogens is 283 g/mol. The van der Waals surface area contributed by atoms with Crippen LogP contribution in [-0.2, 0) is 0 Å². The van der Waals surface area contributed by atoms with Crippen LogP contribution < -0.4 is 0 Å². The molecule has 0 aromatic rings. The van der Waals surface area contributed by atoms with E-state index in [1.165, 1.54) is 70.6 Å². The Labute approximate surface area is 143 Å². The van der Waals surface area contributed by atoms with E-state index in [2.05, 4.69) is 27.7 Å². The van der Waals surface area contributed by atoms with Crippen molar-refractivity contribution in [2.24, 2.45) is 0 Å². The van der Waals surface area contributed by atoms with Crippen molar-refractivity contribution in [2.45, 2.75) is 111 Å². The van der Waals surface area contributed by atoms with Gasteiger partial charge in [-0.15, -0.1) is 0 Å². The molecule has 0 atom stereocenters. The van der Waals surface area contributed by atoms with Gasteiger partial charge in [-0.2, -0.15) is 0 Å². The first-order valence-electron chi connectivity index (χ1n) is 10.7. The van der Waals surface area contributed by atoms with Crippen LogP contribution in [0.15, 0.2) is 0 Å². The topological polar surface area (TPSA) is 0 Å². The number of hydrogen-bond acceptors (Lipinski definition) is 0. The molecule has 0 saturated carbocycles. The molecule has 0 rings (SSSR count). The Kier molecular flexibility index (Phi) is 16.6. The van der Waals surface area contributed by atoms with E-state index in [0.717, 1.165) is 0 Å². The minimum absolute atomic E-state index is 0.937. The van der Waals surface area contributed by atoms with Gasteiger partial charge in [0, 0.05) is 0 Å². The van der Waals surface area contributed by atoms with Crippen LogP contribution in [0.4, 0.5) is 0 Å². The van der Waals surface area contributed by atoms with Gasteiger partial charge >= 0.3 is 143 Å². The van der Waals surface area contributed by atoms with Crippen molar-refractivity contribution in [2.75, 3.05) is 24.6 Å². The molecular formula is C21H47P. The first kappa shape index (κ1) is 22.4. The second kappa shape index (κ2) is 16.3. The summed E-state index contributed by atoms with van der Waals surface area (Å²) < 4.78 is 0. The van der Waals surface area contributed by atoms with E-state index in [0.29, 0.717) is 0 Å². The van der Waals surface area contributed by atoms with Crippen LogP contribution in [0.1, 0.15) is 111 Å². The average Bonchev–Trinajstić information content (AvgIpc) is 2.52. The van der Waals surface area contributed by atoms with Crippen molar-refractivity contribution >= 4 is 7.26 Å². The van der Waals surface area contributed by atoms with E-state index >= 15 is 0 Å². The molecule has 0 aliphatic carbocycles. The van der Waals surface area contributed by atoms with Gasteiger partial charge < -0.3 is 0 Å². The van der Waals surface area contributed by atoms with Gasteiger partial charge in [-0.3, -0.25) is 0 Å². The Hall–Kier alpha value is 0.430. The fourth-order valence-corrected chi connectivity index (χ4v) is 9.70. The maximum atomic E-state index is 2.43.